The number of amides is 1. The van der Waals surface area contributed by atoms with Gasteiger partial charge >= 0.3 is 5.97 Å². The summed E-state index contributed by atoms with van der Waals surface area (Å²) in [7, 11) is 0. The van der Waals surface area contributed by atoms with Crippen LogP contribution in [-0.2, 0) is 4.74 Å². The Balaban J connectivity index is 1.76. The summed E-state index contributed by atoms with van der Waals surface area (Å²) in [6.07, 6.45) is 4.73. The van der Waals surface area contributed by atoms with Crippen molar-refractivity contribution >= 4 is 18.1 Å². The highest BCUT2D eigenvalue weighted by Crippen LogP contribution is 2.20. The standard InChI is InChI=1S/C22H22N4O3/c1-4-29-22(28)18-5-7-20(8-6-18)26-15(2)13-19(16(26)3)14-24-25-21(27)17-9-11-23-12-10-17/h5-14H,4H2,1-3H3,(H,25,27). The number of carbonyl (C=O) groups is 2. The molecule has 0 unspecified atom stereocenters. The van der Waals surface area contributed by atoms with E-state index in [1.807, 2.05) is 32.0 Å². The van der Waals surface area contributed by atoms with Crippen molar-refractivity contribution in [1.29, 1.82) is 0 Å². The monoisotopic (exact) mass is 390 g/mol. The topological polar surface area (TPSA) is 85.6 Å². The van der Waals surface area contributed by atoms with Crippen molar-refractivity contribution in [2.75, 3.05) is 6.61 Å². The number of carbonyl (C=O) groups excluding carboxylic acids is 2. The smallest absolute Gasteiger partial charge is 0.338 e. The number of aryl methyl sites for hydroxylation is 1. The van der Waals surface area contributed by atoms with E-state index in [0.29, 0.717) is 17.7 Å². The molecule has 0 saturated heterocycles. The number of hydrogen-bond donors (Lipinski definition) is 1. The molecule has 0 fully saturated rings. The van der Waals surface area contributed by atoms with E-state index < -0.39 is 0 Å². The summed E-state index contributed by atoms with van der Waals surface area (Å²) in [5.41, 5.74) is 7.30. The number of aromatic nitrogens is 2. The molecular weight excluding hydrogens is 368 g/mol. The van der Waals surface area contributed by atoms with Crippen molar-refractivity contribution in [1.82, 2.24) is 15.0 Å². The zero-order chi connectivity index (χ0) is 20.8. The average molecular weight is 390 g/mol. The van der Waals surface area contributed by atoms with Gasteiger partial charge in [0, 0.05) is 40.6 Å². The van der Waals surface area contributed by atoms with E-state index >= 15 is 0 Å². The quantitative estimate of drug-likeness (QED) is 0.397. The minimum Gasteiger partial charge on any atom is -0.462 e. The van der Waals surface area contributed by atoms with Crippen molar-refractivity contribution in [3.63, 3.8) is 0 Å². The van der Waals surface area contributed by atoms with Crippen LogP contribution in [0.15, 0.2) is 60.0 Å². The van der Waals surface area contributed by atoms with Crippen LogP contribution in [0.2, 0.25) is 0 Å². The minimum absolute atomic E-state index is 0.299. The Hall–Kier alpha value is -3.74. The van der Waals surface area contributed by atoms with Crippen LogP contribution in [0, 0.1) is 13.8 Å². The number of hydrogen-bond acceptors (Lipinski definition) is 5. The Labute approximate surface area is 169 Å². The SMILES string of the molecule is CCOC(=O)c1ccc(-n2c(C)cc(C=NNC(=O)c3ccncc3)c2C)cc1. The number of benzene rings is 1. The summed E-state index contributed by atoms with van der Waals surface area (Å²) >= 11 is 0. The number of esters is 1. The highest BCUT2D eigenvalue weighted by Gasteiger charge is 2.11. The molecule has 0 bridgehead atoms. The fourth-order valence-electron chi connectivity index (χ4n) is 3.00. The van der Waals surface area contributed by atoms with E-state index in [-0.39, 0.29) is 11.9 Å². The fourth-order valence-corrected chi connectivity index (χ4v) is 3.00. The van der Waals surface area contributed by atoms with Gasteiger partial charge in [-0.3, -0.25) is 9.78 Å². The predicted octanol–water partition coefficient (Wildman–Crippen LogP) is 3.43. The van der Waals surface area contributed by atoms with Gasteiger partial charge < -0.3 is 9.30 Å². The van der Waals surface area contributed by atoms with E-state index in [0.717, 1.165) is 22.6 Å². The lowest BCUT2D eigenvalue weighted by Crippen LogP contribution is -2.17. The molecule has 0 aliphatic rings. The molecule has 0 radical (unpaired) electrons. The van der Waals surface area contributed by atoms with Crippen LogP contribution in [0.25, 0.3) is 5.69 Å². The molecule has 29 heavy (non-hydrogen) atoms. The second-order valence-electron chi connectivity index (χ2n) is 6.36. The Morgan fingerprint density at radius 2 is 1.79 bits per heavy atom. The Kier molecular flexibility index (Phi) is 6.19. The van der Waals surface area contributed by atoms with Crippen LogP contribution in [-0.4, -0.2) is 34.2 Å². The van der Waals surface area contributed by atoms with Crippen LogP contribution >= 0.6 is 0 Å². The average Bonchev–Trinajstić information content (AvgIpc) is 3.02. The zero-order valence-electron chi connectivity index (χ0n) is 16.5. The molecule has 3 aromatic rings. The predicted molar refractivity (Wildman–Crippen MR) is 110 cm³/mol. The summed E-state index contributed by atoms with van der Waals surface area (Å²) in [6.45, 7) is 6.08. The molecule has 1 amide bonds. The van der Waals surface area contributed by atoms with E-state index in [4.69, 9.17) is 4.74 Å². The van der Waals surface area contributed by atoms with Gasteiger partial charge in [0.05, 0.1) is 18.4 Å². The van der Waals surface area contributed by atoms with Gasteiger partial charge in [0.1, 0.15) is 0 Å². The number of pyridine rings is 1. The van der Waals surface area contributed by atoms with E-state index in [1.54, 1.807) is 49.8 Å². The molecule has 0 aliphatic carbocycles. The number of ether oxygens (including phenoxy) is 1. The highest BCUT2D eigenvalue weighted by molar-refractivity contribution is 5.94. The molecule has 2 aromatic heterocycles. The number of rotatable bonds is 6. The fraction of sp³-hybridized carbons (Fsp3) is 0.182. The van der Waals surface area contributed by atoms with Gasteiger partial charge in [-0.15, -0.1) is 0 Å². The summed E-state index contributed by atoms with van der Waals surface area (Å²) in [6, 6.07) is 12.5. The lowest BCUT2D eigenvalue weighted by Gasteiger charge is -2.10. The molecule has 1 N–H and O–H groups in total. The molecule has 3 rings (SSSR count). The first-order valence-corrected chi connectivity index (χ1v) is 9.21. The van der Waals surface area contributed by atoms with Crippen molar-refractivity contribution < 1.29 is 14.3 Å². The van der Waals surface area contributed by atoms with Gasteiger partial charge in [-0.2, -0.15) is 5.10 Å². The second kappa shape index (κ2) is 8.97. The number of nitrogens with zero attached hydrogens (tertiary/aromatic N) is 3. The molecule has 1 aromatic carbocycles. The first-order valence-electron chi connectivity index (χ1n) is 9.21. The maximum Gasteiger partial charge on any atom is 0.338 e. The van der Waals surface area contributed by atoms with Crippen molar-refractivity contribution in [2.45, 2.75) is 20.8 Å². The normalized spacial score (nSPS) is 10.9. The molecule has 0 atom stereocenters. The summed E-state index contributed by atoms with van der Waals surface area (Å²) in [5, 5.41) is 4.07. The first kappa shape index (κ1) is 20.0. The van der Waals surface area contributed by atoms with Crippen LogP contribution < -0.4 is 5.43 Å². The van der Waals surface area contributed by atoms with Crippen LogP contribution in [0.1, 0.15) is 44.6 Å². The third-order valence-corrected chi connectivity index (χ3v) is 4.42. The lowest BCUT2D eigenvalue weighted by molar-refractivity contribution is 0.0526. The first-order chi connectivity index (χ1) is 14.0. The molecular formula is C22H22N4O3. The second-order valence-corrected chi connectivity index (χ2v) is 6.36. The van der Waals surface area contributed by atoms with Gasteiger partial charge in [-0.25, -0.2) is 10.2 Å². The maximum absolute atomic E-state index is 12.1. The molecule has 7 heteroatoms. The van der Waals surface area contributed by atoms with Crippen molar-refractivity contribution in [3.8, 4) is 5.69 Å². The molecule has 148 valence electrons. The summed E-state index contributed by atoms with van der Waals surface area (Å²) < 4.78 is 7.08. The Morgan fingerprint density at radius 3 is 2.45 bits per heavy atom. The van der Waals surface area contributed by atoms with Gasteiger partial charge in [0.15, 0.2) is 0 Å². The number of hydrazone groups is 1. The Bertz CT molecular complexity index is 1040. The van der Waals surface area contributed by atoms with Crippen LogP contribution in [0.5, 0.6) is 0 Å². The number of nitrogens with one attached hydrogen (secondary N) is 1. The summed E-state index contributed by atoms with van der Waals surface area (Å²) in [5.74, 6) is -0.634. The molecule has 7 nitrogen and oxygen atoms in total. The van der Waals surface area contributed by atoms with Gasteiger partial charge in [0.2, 0.25) is 0 Å². The molecule has 0 spiro atoms. The third-order valence-electron chi connectivity index (χ3n) is 4.42. The van der Waals surface area contributed by atoms with Crippen LogP contribution in [0.3, 0.4) is 0 Å². The van der Waals surface area contributed by atoms with Crippen molar-refractivity contribution in [2.24, 2.45) is 5.10 Å². The summed E-state index contributed by atoms with van der Waals surface area (Å²) in [4.78, 5) is 27.8. The van der Waals surface area contributed by atoms with E-state index in [9.17, 15) is 9.59 Å². The third kappa shape index (κ3) is 4.57. The van der Waals surface area contributed by atoms with E-state index in [1.165, 1.54) is 0 Å². The van der Waals surface area contributed by atoms with Crippen LogP contribution in [0.4, 0.5) is 0 Å². The lowest BCUT2D eigenvalue weighted by atomic mass is 10.2. The molecule has 0 saturated carbocycles. The Morgan fingerprint density at radius 1 is 1.10 bits per heavy atom. The minimum atomic E-state index is -0.335. The zero-order valence-corrected chi connectivity index (χ0v) is 16.5. The highest BCUT2D eigenvalue weighted by atomic mass is 16.5. The van der Waals surface area contributed by atoms with Crippen molar-refractivity contribution in [3.05, 3.63) is 82.9 Å². The largest absolute Gasteiger partial charge is 0.462 e. The van der Waals surface area contributed by atoms with E-state index in [2.05, 4.69) is 20.1 Å². The molecule has 0 aliphatic heterocycles. The maximum atomic E-state index is 12.1. The van der Waals surface area contributed by atoms with Gasteiger partial charge in [-0.05, 0) is 63.2 Å². The van der Waals surface area contributed by atoms with Gasteiger partial charge in [0.25, 0.3) is 5.91 Å². The molecule has 2 heterocycles. The van der Waals surface area contributed by atoms with Gasteiger partial charge in [-0.1, -0.05) is 0 Å².